The number of carbonyl (C=O) groups excluding carboxylic acids is 1. The molecule has 1 aromatic carbocycles. The zero-order valence-corrected chi connectivity index (χ0v) is 12.8. The molecule has 0 fully saturated rings. The van der Waals surface area contributed by atoms with E-state index in [0.717, 1.165) is 4.47 Å². The van der Waals surface area contributed by atoms with Crippen molar-refractivity contribution in [2.45, 2.75) is 26.4 Å². The van der Waals surface area contributed by atoms with Gasteiger partial charge in [0.05, 0.1) is 0 Å². The molecular weight excluding hydrogens is 324 g/mol. The average molecular weight is 339 g/mol. The zero-order valence-electron chi connectivity index (χ0n) is 11.2. The number of ether oxygens (including phenoxy) is 1. The molecule has 5 nitrogen and oxygen atoms in total. The number of aromatic nitrogens is 1. The summed E-state index contributed by atoms with van der Waals surface area (Å²) in [5.74, 6) is 1.43. The Morgan fingerprint density at radius 1 is 1.45 bits per heavy atom. The molecule has 1 unspecified atom stereocenters. The van der Waals surface area contributed by atoms with Gasteiger partial charge < -0.3 is 14.6 Å². The largest absolute Gasteiger partial charge is 0.481 e. The molecule has 1 aromatic heterocycles. The molecule has 0 saturated heterocycles. The van der Waals surface area contributed by atoms with E-state index in [9.17, 15) is 4.79 Å². The zero-order chi connectivity index (χ0) is 14.5. The van der Waals surface area contributed by atoms with E-state index in [4.69, 9.17) is 9.26 Å². The van der Waals surface area contributed by atoms with Gasteiger partial charge in [-0.1, -0.05) is 28.0 Å². The first-order chi connectivity index (χ1) is 9.58. The van der Waals surface area contributed by atoms with Crippen LogP contribution in [0.4, 0.5) is 5.82 Å². The van der Waals surface area contributed by atoms with Crippen LogP contribution < -0.4 is 10.1 Å². The number of anilines is 1. The number of hydrogen-bond acceptors (Lipinski definition) is 4. The maximum atomic E-state index is 12.1. The SMILES string of the molecule is CCC(Oc1ccc(Br)cc1)C(=O)Nc1cc(C)on1. The Morgan fingerprint density at radius 3 is 2.70 bits per heavy atom. The van der Waals surface area contributed by atoms with Crippen molar-refractivity contribution in [3.8, 4) is 5.75 Å². The lowest BCUT2D eigenvalue weighted by Crippen LogP contribution is -2.32. The molecule has 2 aromatic rings. The summed E-state index contributed by atoms with van der Waals surface area (Å²) in [5.41, 5.74) is 0. The molecule has 0 aliphatic heterocycles. The van der Waals surface area contributed by atoms with Crippen LogP contribution in [0.3, 0.4) is 0 Å². The molecule has 0 aliphatic carbocycles. The molecule has 0 radical (unpaired) electrons. The number of aryl methyl sites for hydroxylation is 1. The molecule has 0 saturated carbocycles. The Hall–Kier alpha value is -1.82. The van der Waals surface area contributed by atoms with Crippen molar-refractivity contribution in [3.63, 3.8) is 0 Å². The van der Waals surface area contributed by atoms with Crippen LogP contribution in [0.15, 0.2) is 39.3 Å². The summed E-state index contributed by atoms with van der Waals surface area (Å²) in [5, 5.41) is 6.39. The molecule has 0 spiro atoms. The number of benzene rings is 1. The van der Waals surface area contributed by atoms with E-state index >= 15 is 0 Å². The second-order valence-corrected chi connectivity index (χ2v) is 5.20. The van der Waals surface area contributed by atoms with E-state index in [-0.39, 0.29) is 5.91 Å². The Morgan fingerprint density at radius 2 is 2.15 bits per heavy atom. The van der Waals surface area contributed by atoms with Crippen molar-refractivity contribution in [1.29, 1.82) is 0 Å². The van der Waals surface area contributed by atoms with E-state index < -0.39 is 6.10 Å². The minimum atomic E-state index is -0.576. The first kappa shape index (κ1) is 14.6. The summed E-state index contributed by atoms with van der Waals surface area (Å²) < 4.78 is 11.5. The van der Waals surface area contributed by atoms with Crippen molar-refractivity contribution in [2.24, 2.45) is 0 Å². The van der Waals surface area contributed by atoms with Gasteiger partial charge in [0.2, 0.25) is 0 Å². The molecular formula is C14H15BrN2O3. The normalized spacial score (nSPS) is 11.9. The Labute approximate surface area is 125 Å². The van der Waals surface area contributed by atoms with Gasteiger partial charge in [0.15, 0.2) is 11.9 Å². The summed E-state index contributed by atoms with van der Waals surface area (Å²) in [6.07, 6.45) is -0.0215. The summed E-state index contributed by atoms with van der Waals surface area (Å²) in [7, 11) is 0. The fourth-order valence-corrected chi connectivity index (χ4v) is 1.90. The van der Waals surface area contributed by atoms with Gasteiger partial charge in [-0.15, -0.1) is 0 Å². The topological polar surface area (TPSA) is 64.4 Å². The van der Waals surface area contributed by atoms with Crippen LogP contribution in [0.2, 0.25) is 0 Å². The third kappa shape index (κ3) is 3.84. The van der Waals surface area contributed by atoms with Gasteiger partial charge in [-0.05, 0) is 37.6 Å². The lowest BCUT2D eigenvalue weighted by atomic mass is 10.2. The first-order valence-electron chi connectivity index (χ1n) is 6.25. The number of rotatable bonds is 5. The molecule has 1 amide bonds. The Balaban J connectivity index is 2.00. The van der Waals surface area contributed by atoms with E-state index in [1.54, 1.807) is 25.1 Å². The van der Waals surface area contributed by atoms with E-state index in [2.05, 4.69) is 26.4 Å². The van der Waals surface area contributed by atoms with Gasteiger partial charge >= 0.3 is 0 Å². The predicted molar refractivity (Wildman–Crippen MR) is 78.7 cm³/mol. The van der Waals surface area contributed by atoms with Crippen LogP contribution in [-0.2, 0) is 4.79 Å². The van der Waals surface area contributed by atoms with Gasteiger partial charge in [-0.3, -0.25) is 4.79 Å². The lowest BCUT2D eigenvalue weighted by molar-refractivity contribution is -0.122. The number of hydrogen-bond donors (Lipinski definition) is 1. The first-order valence-corrected chi connectivity index (χ1v) is 7.04. The maximum absolute atomic E-state index is 12.1. The molecule has 6 heteroatoms. The number of carbonyl (C=O) groups is 1. The highest BCUT2D eigenvalue weighted by Crippen LogP contribution is 2.18. The van der Waals surface area contributed by atoms with Gasteiger partial charge in [0.25, 0.3) is 5.91 Å². The highest BCUT2D eigenvalue weighted by Gasteiger charge is 2.19. The summed E-state index contributed by atoms with van der Waals surface area (Å²) in [4.78, 5) is 12.1. The average Bonchev–Trinajstić information content (AvgIpc) is 2.83. The predicted octanol–water partition coefficient (Wildman–Crippen LogP) is 3.54. The van der Waals surface area contributed by atoms with Crippen molar-refractivity contribution in [1.82, 2.24) is 5.16 Å². The van der Waals surface area contributed by atoms with Crippen LogP contribution in [0.1, 0.15) is 19.1 Å². The summed E-state index contributed by atoms with van der Waals surface area (Å²) >= 11 is 3.35. The Bertz CT molecular complexity index is 580. The van der Waals surface area contributed by atoms with E-state index in [0.29, 0.717) is 23.7 Å². The maximum Gasteiger partial charge on any atom is 0.266 e. The highest BCUT2D eigenvalue weighted by atomic mass is 79.9. The van der Waals surface area contributed by atoms with E-state index in [1.807, 2.05) is 19.1 Å². The third-order valence-corrected chi connectivity index (χ3v) is 3.16. The molecule has 1 heterocycles. The molecule has 1 N–H and O–H groups in total. The van der Waals surface area contributed by atoms with Crippen molar-refractivity contribution in [2.75, 3.05) is 5.32 Å². The summed E-state index contributed by atoms with van der Waals surface area (Å²) in [6, 6.07) is 8.99. The second kappa shape index (κ2) is 6.56. The quantitative estimate of drug-likeness (QED) is 0.905. The van der Waals surface area contributed by atoms with Crippen molar-refractivity contribution < 1.29 is 14.1 Å². The van der Waals surface area contributed by atoms with Gasteiger partial charge in [-0.2, -0.15) is 0 Å². The van der Waals surface area contributed by atoms with Gasteiger partial charge in [0.1, 0.15) is 11.5 Å². The molecule has 0 aliphatic rings. The molecule has 0 bridgehead atoms. The molecule has 2 rings (SSSR count). The van der Waals surface area contributed by atoms with Gasteiger partial charge in [-0.25, -0.2) is 0 Å². The Kier molecular flexibility index (Phi) is 4.79. The third-order valence-electron chi connectivity index (χ3n) is 2.63. The minimum absolute atomic E-state index is 0.247. The van der Waals surface area contributed by atoms with Crippen LogP contribution in [0.5, 0.6) is 5.75 Å². The van der Waals surface area contributed by atoms with E-state index in [1.165, 1.54) is 0 Å². The monoisotopic (exact) mass is 338 g/mol. The number of halogens is 1. The fourth-order valence-electron chi connectivity index (χ4n) is 1.63. The van der Waals surface area contributed by atoms with Gasteiger partial charge in [0, 0.05) is 10.5 Å². The van der Waals surface area contributed by atoms with Crippen molar-refractivity contribution >= 4 is 27.7 Å². The van der Waals surface area contributed by atoms with Crippen LogP contribution in [-0.4, -0.2) is 17.2 Å². The summed E-state index contributed by atoms with van der Waals surface area (Å²) in [6.45, 7) is 3.65. The van der Waals surface area contributed by atoms with Crippen molar-refractivity contribution in [3.05, 3.63) is 40.6 Å². The van der Waals surface area contributed by atoms with Crippen LogP contribution in [0.25, 0.3) is 0 Å². The standard InChI is InChI=1S/C14H15BrN2O3/c1-3-12(19-11-6-4-10(15)5-7-11)14(18)16-13-8-9(2)20-17-13/h4-8,12H,3H2,1-2H3,(H,16,17,18). The minimum Gasteiger partial charge on any atom is -0.481 e. The smallest absolute Gasteiger partial charge is 0.266 e. The fraction of sp³-hybridized carbons (Fsp3) is 0.286. The molecule has 20 heavy (non-hydrogen) atoms. The molecule has 106 valence electrons. The number of nitrogens with zero attached hydrogens (tertiary/aromatic N) is 1. The molecule has 1 atom stereocenters. The lowest BCUT2D eigenvalue weighted by Gasteiger charge is -2.16. The second-order valence-electron chi connectivity index (χ2n) is 4.28. The van der Waals surface area contributed by atoms with Crippen LogP contribution >= 0.6 is 15.9 Å². The van der Waals surface area contributed by atoms with Crippen LogP contribution in [0, 0.1) is 6.92 Å². The highest BCUT2D eigenvalue weighted by molar-refractivity contribution is 9.10. The number of amides is 1. The number of nitrogens with one attached hydrogen (secondary N) is 1.